The summed E-state index contributed by atoms with van der Waals surface area (Å²) in [4.78, 5) is 11.6. The fourth-order valence-electron chi connectivity index (χ4n) is 2.03. The van der Waals surface area contributed by atoms with Gasteiger partial charge < -0.3 is 0 Å². The fourth-order valence-corrected chi connectivity index (χ4v) is 3.69. The highest BCUT2D eigenvalue weighted by atomic mass is 32.2. The minimum absolute atomic E-state index is 0.134. The minimum Gasteiger partial charge on any atom is -0.299 e. The second-order valence-electron chi connectivity index (χ2n) is 4.06. The first-order valence-electron chi connectivity index (χ1n) is 5.29. The van der Waals surface area contributed by atoms with E-state index in [0.717, 1.165) is 0 Å². The zero-order valence-corrected chi connectivity index (χ0v) is 9.80. The van der Waals surface area contributed by atoms with Crippen LogP contribution in [0.2, 0.25) is 0 Å². The quantitative estimate of drug-likeness (QED) is 0.795. The van der Waals surface area contributed by atoms with Gasteiger partial charge in [-0.1, -0.05) is 19.1 Å². The Morgan fingerprint density at radius 2 is 2.06 bits per heavy atom. The molecule has 0 radical (unpaired) electrons. The lowest BCUT2D eigenvalue weighted by molar-refractivity contribution is -0.120. The second kappa shape index (κ2) is 4.45. The monoisotopic (exact) mass is 240 g/mol. The summed E-state index contributed by atoms with van der Waals surface area (Å²) in [5, 5.41) is -0.232. The van der Waals surface area contributed by atoms with E-state index in [2.05, 4.69) is 0 Å². The Kier molecular flexibility index (Phi) is 3.19. The standard InChI is InChI=1S/C12H13FO2S/c1-8-10(14)6-7-11(8)16(15)12-5-3-2-4-9(12)13/h2-5,8,11H,6-7H2,1H3. The van der Waals surface area contributed by atoms with E-state index in [0.29, 0.717) is 12.8 Å². The molecular formula is C12H13FO2S. The van der Waals surface area contributed by atoms with Crippen molar-refractivity contribution in [1.29, 1.82) is 0 Å². The first kappa shape index (κ1) is 11.5. The highest BCUT2D eigenvalue weighted by Crippen LogP contribution is 2.30. The van der Waals surface area contributed by atoms with Crippen LogP contribution in [0.15, 0.2) is 29.2 Å². The van der Waals surface area contributed by atoms with Gasteiger partial charge in [0.2, 0.25) is 0 Å². The molecule has 2 rings (SSSR count). The Bertz CT molecular complexity index is 444. The lowest BCUT2D eigenvalue weighted by atomic mass is 10.1. The maximum absolute atomic E-state index is 13.4. The maximum atomic E-state index is 13.4. The number of benzene rings is 1. The molecule has 2 nitrogen and oxygen atoms in total. The largest absolute Gasteiger partial charge is 0.299 e. The predicted octanol–water partition coefficient (Wildman–Crippen LogP) is 2.30. The Morgan fingerprint density at radius 1 is 1.38 bits per heavy atom. The normalized spacial score (nSPS) is 27.0. The van der Waals surface area contributed by atoms with Gasteiger partial charge in [-0.05, 0) is 18.6 Å². The first-order chi connectivity index (χ1) is 7.61. The zero-order chi connectivity index (χ0) is 11.7. The third kappa shape index (κ3) is 1.94. The van der Waals surface area contributed by atoms with Crippen molar-refractivity contribution in [3.8, 4) is 0 Å². The van der Waals surface area contributed by atoms with E-state index >= 15 is 0 Å². The van der Waals surface area contributed by atoms with Gasteiger partial charge in [-0.3, -0.25) is 9.00 Å². The summed E-state index contributed by atoms with van der Waals surface area (Å²) in [5.41, 5.74) is 0. The molecule has 16 heavy (non-hydrogen) atoms. The molecular weight excluding hydrogens is 227 g/mol. The molecule has 3 unspecified atom stereocenters. The van der Waals surface area contributed by atoms with E-state index in [1.54, 1.807) is 19.1 Å². The lowest BCUT2D eigenvalue weighted by Gasteiger charge is -2.14. The molecule has 0 amide bonds. The van der Waals surface area contributed by atoms with Gasteiger partial charge in [-0.15, -0.1) is 0 Å². The molecule has 3 atom stereocenters. The Labute approximate surface area is 96.3 Å². The number of carbonyl (C=O) groups excluding carboxylic acids is 1. The van der Waals surface area contributed by atoms with Crippen LogP contribution < -0.4 is 0 Å². The van der Waals surface area contributed by atoms with Crippen molar-refractivity contribution >= 4 is 16.6 Å². The number of ketones is 1. The van der Waals surface area contributed by atoms with E-state index in [1.807, 2.05) is 0 Å². The molecule has 1 aromatic rings. The zero-order valence-electron chi connectivity index (χ0n) is 8.98. The van der Waals surface area contributed by atoms with Crippen LogP contribution in [-0.4, -0.2) is 15.2 Å². The summed E-state index contributed by atoms with van der Waals surface area (Å²) in [6.45, 7) is 1.78. The first-order valence-corrected chi connectivity index (χ1v) is 6.50. The van der Waals surface area contributed by atoms with Gasteiger partial charge in [0, 0.05) is 17.6 Å². The Morgan fingerprint density at radius 3 is 2.62 bits per heavy atom. The van der Waals surface area contributed by atoms with E-state index in [1.165, 1.54) is 12.1 Å². The van der Waals surface area contributed by atoms with Crippen LogP contribution >= 0.6 is 0 Å². The summed E-state index contributed by atoms with van der Waals surface area (Å²) in [5.74, 6) is -0.539. The molecule has 0 bridgehead atoms. The molecule has 1 aliphatic carbocycles. The molecule has 0 saturated heterocycles. The number of hydrogen-bond acceptors (Lipinski definition) is 2. The average Bonchev–Trinajstić information content (AvgIpc) is 2.60. The summed E-state index contributed by atoms with van der Waals surface area (Å²) in [6, 6.07) is 6.06. The van der Waals surface area contributed by atoms with Gasteiger partial charge >= 0.3 is 0 Å². The van der Waals surface area contributed by atoms with Gasteiger partial charge in [-0.25, -0.2) is 4.39 Å². The number of hydrogen-bond donors (Lipinski definition) is 0. The second-order valence-corrected chi connectivity index (χ2v) is 5.70. The van der Waals surface area contributed by atoms with Crippen molar-refractivity contribution in [3.63, 3.8) is 0 Å². The van der Waals surface area contributed by atoms with Gasteiger partial charge in [0.15, 0.2) is 0 Å². The summed E-state index contributed by atoms with van der Waals surface area (Å²) >= 11 is 0. The molecule has 1 aliphatic rings. The van der Waals surface area contributed by atoms with Crippen LogP contribution in [0.1, 0.15) is 19.8 Å². The van der Waals surface area contributed by atoms with Crippen LogP contribution in [0.25, 0.3) is 0 Å². The van der Waals surface area contributed by atoms with Gasteiger partial charge in [0.05, 0.1) is 15.7 Å². The van der Waals surface area contributed by atoms with E-state index < -0.39 is 16.6 Å². The van der Waals surface area contributed by atoms with Crippen LogP contribution in [0.5, 0.6) is 0 Å². The van der Waals surface area contributed by atoms with Crippen LogP contribution in [-0.2, 0) is 15.6 Å². The highest BCUT2D eigenvalue weighted by molar-refractivity contribution is 7.85. The summed E-state index contributed by atoms with van der Waals surface area (Å²) < 4.78 is 25.6. The van der Waals surface area contributed by atoms with Crippen LogP contribution in [0, 0.1) is 11.7 Å². The fraction of sp³-hybridized carbons (Fsp3) is 0.417. The van der Waals surface area contributed by atoms with Crippen molar-refractivity contribution < 1.29 is 13.4 Å². The van der Waals surface area contributed by atoms with E-state index in [4.69, 9.17) is 0 Å². The van der Waals surface area contributed by atoms with E-state index in [-0.39, 0.29) is 21.8 Å². The van der Waals surface area contributed by atoms with Gasteiger partial charge in [0.1, 0.15) is 11.6 Å². The summed E-state index contributed by atoms with van der Waals surface area (Å²) in [7, 11) is -1.42. The number of carbonyl (C=O) groups is 1. The third-order valence-electron chi connectivity index (χ3n) is 3.07. The Hall–Kier alpha value is -1.03. The smallest absolute Gasteiger partial charge is 0.139 e. The summed E-state index contributed by atoms with van der Waals surface area (Å²) in [6.07, 6.45) is 1.06. The molecule has 1 aromatic carbocycles. The third-order valence-corrected chi connectivity index (χ3v) is 5.03. The topological polar surface area (TPSA) is 34.1 Å². The van der Waals surface area contributed by atoms with Crippen molar-refractivity contribution in [2.24, 2.45) is 5.92 Å². The maximum Gasteiger partial charge on any atom is 0.139 e. The number of Topliss-reactive ketones (excluding diaryl/α,β-unsaturated/α-hetero) is 1. The minimum atomic E-state index is -1.42. The molecule has 1 fully saturated rings. The highest BCUT2D eigenvalue weighted by Gasteiger charge is 2.36. The van der Waals surface area contributed by atoms with E-state index in [9.17, 15) is 13.4 Å². The molecule has 0 aromatic heterocycles. The predicted molar refractivity (Wildman–Crippen MR) is 60.0 cm³/mol. The molecule has 86 valence electrons. The number of halogens is 1. The van der Waals surface area contributed by atoms with Crippen molar-refractivity contribution in [2.45, 2.75) is 29.9 Å². The van der Waals surface area contributed by atoms with Crippen molar-refractivity contribution in [2.75, 3.05) is 0 Å². The molecule has 0 aliphatic heterocycles. The van der Waals surface area contributed by atoms with Crippen molar-refractivity contribution in [3.05, 3.63) is 30.1 Å². The molecule has 0 N–H and O–H groups in total. The number of rotatable bonds is 2. The molecule has 1 saturated carbocycles. The Balaban J connectivity index is 2.27. The van der Waals surface area contributed by atoms with Gasteiger partial charge in [0.25, 0.3) is 0 Å². The van der Waals surface area contributed by atoms with Crippen LogP contribution in [0.4, 0.5) is 4.39 Å². The van der Waals surface area contributed by atoms with Crippen LogP contribution in [0.3, 0.4) is 0 Å². The molecule has 0 spiro atoms. The SMILES string of the molecule is CC1C(=O)CCC1S(=O)c1ccccc1F. The van der Waals surface area contributed by atoms with Gasteiger partial charge in [-0.2, -0.15) is 0 Å². The average molecular weight is 240 g/mol. The molecule has 4 heteroatoms. The molecule has 0 heterocycles. The lowest BCUT2D eigenvalue weighted by Crippen LogP contribution is -2.21. The van der Waals surface area contributed by atoms with Crippen molar-refractivity contribution in [1.82, 2.24) is 0 Å².